The zero-order valence-electron chi connectivity index (χ0n) is 15.8. The van der Waals surface area contributed by atoms with Gasteiger partial charge in [0.1, 0.15) is 0 Å². The van der Waals surface area contributed by atoms with E-state index < -0.39 is 4.92 Å². The van der Waals surface area contributed by atoms with Crippen LogP contribution < -0.4 is 19.6 Å². The molecule has 1 N–H and O–H groups in total. The van der Waals surface area contributed by atoms with Crippen LogP contribution in [0.3, 0.4) is 0 Å². The van der Waals surface area contributed by atoms with Gasteiger partial charge in [-0.25, -0.2) is 0 Å². The first kappa shape index (κ1) is 20.0. The molecule has 8 nitrogen and oxygen atoms in total. The SMILES string of the molecule is CCOc1ccc(/C(C)=N\NCc2ccc(OC)c(OC)c2)cc1[N+](=O)[O-]. The summed E-state index contributed by atoms with van der Waals surface area (Å²) in [6.45, 7) is 4.39. The van der Waals surface area contributed by atoms with Crippen molar-refractivity contribution in [3.05, 3.63) is 57.6 Å². The fraction of sp³-hybridized carbons (Fsp3) is 0.316. The molecule has 8 heteroatoms. The number of nitro groups is 1. The minimum Gasteiger partial charge on any atom is -0.493 e. The van der Waals surface area contributed by atoms with Crippen LogP contribution in [0.25, 0.3) is 0 Å². The maximum atomic E-state index is 11.2. The number of hydrogen-bond acceptors (Lipinski definition) is 7. The van der Waals surface area contributed by atoms with Gasteiger partial charge in [-0.3, -0.25) is 10.1 Å². The van der Waals surface area contributed by atoms with E-state index in [0.717, 1.165) is 5.56 Å². The third-order valence-electron chi connectivity index (χ3n) is 3.85. The van der Waals surface area contributed by atoms with E-state index in [0.29, 0.717) is 35.9 Å². The zero-order chi connectivity index (χ0) is 19.8. The second-order valence-corrected chi connectivity index (χ2v) is 5.59. The van der Waals surface area contributed by atoms with Gasteiger partial charge in [0.15, 0.2) is 17.2 Å². The lowest BCUT2D eigenvalue weighted by atomic mass is 10.1. The maximum absolute atomic E-state index is 11.2. The Hall–Kier alpha value is -3.29. The standard InChI is InChI=1S/C19H23N3O5/c1-5-27-17-9-7-15(11-16(17)22(23)24)13(2)21-20-12-14-6-8-18(25-3)19(10-14)26-4/h6-11,20H,5,12H2,1-4H3/b21-13-. The van der Waals surface area contributed by atoms with Gasteiger partial charge in [-0.1, -0.05) is 6.07 Å². The summed E-state index contributed by atoms with van der Waals surface area (Å²) in [6.07, 6.45) is 0. The van der Waals surface area contributed by atoms with E-state index in [-0.39, 0.29) is 11.4 Å². The molecule has 0 aliphatic heterocycles. The van der Waals surface area contributed by atoms with Crippen LogP contribution in [0, 0.1) is 10.1 Å². The molecule has 2 aromatic rings. The molecule has 0 unspecified atom stereocenters. The summed E-state index contributed by atoms with van der Waals surface area (Å²) in [5, 5.41) is 15.5. The lowest BCUT2D eigenvalue weighted by Gasteiger charge is -2.10. The Labute approximate surface area is 157 Å². The molecule has 0 atom stereocenters. The van der Waals surface area contributed by atoms with Crippen molar-refractivity contribution >= 4 is 11.4 Å². The minimum atomic E-state index is -0.459. The van der Waals surface area contributed by atoms with Crippen molar-refractivity contribution in [2.75, 3.05) is 20.8 Å². The molecule has 2 aromatic carbocycles. The summed E-state index contributed by atoms with van der Waals surface area (Å²) in [5.41, 5.74) is 5.12. The van der Waals surface area contributed by atoms with Crippen LogP contribution in [0.5, 0.6) is 17.2 Å². The Morgan fingerprint density at radius 1 is 1.11 bits per heavy atom. The number of methoxy groups -OCH3 is 2. The van der Waals surface area contributed by atoms with Crippen LogP contribution in [0.15, 0.2) is 41.5 Å². The first-order valence-corrected chi connectivity index (χ1v) is 8.39. The normalized spacial score (nSPS) is 11.0. The second-order valence-electron chi connectivity index (χ2n) is 5.59. The summed E-state index contributed by atoms with van der Waals surface area (Å²) in [6, 6.07) is 10.4. The Bertz CT molecular complexity index is 836. The average molecular weight is 373 g/mol. The molecular formula is C19H23N3O5. The van der Waals surface area contributed by atoms with E-state index in [9.17, 15) is 10.1 Å². The fourth-order valence-electron chi connectivity index (χ4n) is 2.47. The molecule has 2 rings (SSSR count). The molecule has 27 heavy (non-hydrogen) atoms. The van der Waals surface area contributed by atoms with Crippen LogP contribution >= 0.6 is 0 Å². The zero-order valence-corrected chi connectivity index (χ0v) is 15.8. The Morgan fingerprint density at radius 3 is 2.44 bits per heavy atom. The van der Waals surface area contributed by atoms with Gasteiger partial charge >= 0.3 is 5.69 Å². The Kier molecular flexibility index (Phi) is 6.99. The summed E-state index contributed by atoms with van der Waals surface area (Å²) in [7, 11) is 3.16. The number of nitro benzene ring substituents is 1. The number of nitrogens with zero attached hydrogens (tertiary/aromatic N) is 2. The van der Waals surface area contributed by atoms with Gasteiger partial charge in [0.05, 0.1) is 38.0 Å². The van der Waals surface area contributed by atoms with Crippen molar-refractivity contribution in [2.45, 2.75) is 20.4 Å². The highest BCUT2D eigenvalue weighted by Crippen LogP contribution is 2.29. The molecule has 0 saturated carbocycles. The first-order chi connectivity index (χ1) is 13.0. The molecule has 0 aromatic heterocycles. The molecule has 0 fully saturated rings. The van der Waals surface area contributed by atoms with Crippen LogP contribution in [0.1, 0.15) is 25.0 Å². The topological polar surface area (TPSA) is 95.2 Å². The third-order valence-corrected chi connectivity index (χ3v) is 3.85. The van der Waals surface area contributed by atoms with Crippen molar-refractivity contribution in [1.29, 1.82) is 0 Å². The maximum Gasteiger partial charge on any atom is 0.311 e. The van der Waals surface area contributed by atoms with Crippen LogP contribution in [-0.4, -0.2) is 31.5 Å². The highest BCUT2D eigenvalue weighted by molar-refractivity contribution is 5.99. The van der Waals surface area contributed by atoms with Crippen LogP contribution in [-0.2, 0) is 6.54 Å². The van der Waals surface area contributed by atoms with E-state index in [2.05, 4.69) is 10.5 Å². The predicted molar refractivity (Wildman–Crippen MR) is 103 cm³/mol. The van der Waals surface area contributed by atoms with E-state index >= 15 is 0 Å². The van der Waals surface area contributed by atoms with Gasteiger partial charge < -0.3 is 19.6 Å². The molecule has 0 saturated heterocycles. The van der Waals surface area contributed by atoms with E-state index in [4.69, 9.17) is 14.2 Å². The summed E-state index contributed by atoms with van der Waals surface area (Å²) in [4.78, 5) is 10.8. The highest BCUT2D eigenvalue weighted by Gasteiger charge is 2.16. The summed E-state index contributed by atoms with van der Waals surface area (Å²) < 4.78 is 15.8. The number of rotatable bonds is 9. The summed E-state index contributed by atoms with van der Waals surface area (Å²) >= 11 is 0. The van der Waals surface area contributed by atoms with E-state index in [1.165, 1.54) is 6.07 Å². The molecule has 0 aliphatic rings. The molecule has 0 bridgehead atoms. The molecule has 0 spiro atoms. The number of hydrazone groups is 1. The van der Waals surface area contributed by atoms with Crippen molar-refractivity contribution < 1.29 is 19.1 Å². The highest BCUT2D eigenvalue weighted by atomic mass is 16.6. The van der Waals surface area contributed by atoms with Gasteiger partial charge in [-0.2, -0.15) is 5.10 Å². The number of nitrogens with one attached hydrogen (secondary N) is 1. The largest absolute Gasteiger partial charge is 0.493 e. The minimum absolute atomic E-state index is 0.0798. The van der Waals surface area contributed by atoms with Gasteiger partial charge in [0, 0.05) is 11.6 Å². The van der Waals surface area contributed by atoms with Crippen LogP contribution in [0.4, 0.5) is 5.69 Å². The third kappa shape index (κ3) is 5.10. The lowest BCUT2D eigenvalue weighted by molar-refractivity contribution is -0.385. The molecular weight excluding hydrogens is 350 g/mol. The van der Waals surface area contributed by atoms with Crippen LogP contribution in [0.2, 0.25) is 0 Å². The molecule has 0 amide bonds. The average Bonchev–Trinajstić information content (AvgIpc) is 2.68. The van der Waals surface area contributed by atoms with Crippen molar-refractivity contribution in [2.24, 2.45) is 5.10 Å². The molecule has 0 radical (unpaired) electrons. The first-order valence-electron chi connectivity index (χ1n) is 8.39. The van der Waals surface area contributed by atoms with Crippen molar-refractivity contribution in [3.63, 3.8) is 0 Å². The molecule has 144 valence electrons. The molecule has 0 heterocycles. The Morgan fingerprint density at radius 2 is 1.81 bits per heavy atom. The van der Waals surface area contributed by atoms with E-state index in [1.54, 1.807) is 40.2 Å². The lowest BCUT2D eigenvalue weighted by Crippen LogP contribution is -2.10. The van der Waals surface area contributed by atoms with E-state index in [1.807, 2.05) is 18.2 Å². The smallest absolute Gasteiger partial charge is 0.311 e. The number of ether oxygens (including phenoxy) is 3. The van der Waals surface area contributed by atoms with Crippen molar-refractivity contribution in [1.82, 2.24) is 5.43 Å². The summed E-state index contributed by atoms with van der Waals surface area (Å²) in [5.74, 6) is 1.54. The predicted octanol–water partition coefficient (Wildman–Crippen LogP) is 3.52. The van der Waals surface area contributed by atoms with Gasteiger partial charge in [0.25, 0.3) is 0 Å². The second kappa shape index (κ2) is 9.42. The van der Waals surface area contributed by atoms with Gasteiger partial charge in [0.2, 0.25) is 0 Å². The molecule has 0 aliphatic carbocycles. The van der Waals surface area contributed by atoms with Gasteiger partial charge in [-0.15, -0.1) is 0 Å². The fourth-order valence-corrected chi connectivity index (χ4v) is 2.47. The number of benzene rings is 2. The van der Waals surface area contributed by atoms with Gasteiger partial charge in [-0.05, 0) is 43.7 Å². The van der Waals surface area contributed by atoms with Crippen molar-refractivity contribution in [3.8, 4) is 17.2 Å². The monoisotopic (exact) mass is 373 g/mol. The quantitative estimate of drug-likeness (QED) is 0.410. The Balaban J connectivity index is 2.11. The number of hydrogen-bond donors (Lipinski definition) is 1.